The molecule has 3 N–H and O–H groups in total. The van der Waals surface area contributed by atoms with Crippen LogP contribution in [0.25, 0.3) is 5.43 Å². The van der Waals surface area contributed by atoms with Crippen LogP contribution in [0.4, 0.5) is 26.3 Å². The number of carboxylic acids is 2. The fraction of sp³-hybridized carbons (Fsp3) is 0.176. The van der Waals surface area contributed by atoms with Crippen LogP contribution in [0.3, 0.4) is 0 Å². The largest absolute Gasteiger partial charge is 3.00 e. The number of aliphatic imine (C=N–C) groups is 1. The molecule has 0 aliphatic carbocycles. The van der Waals surface area contributed by atoms with Crippen LogP contribution in [0.15, 0.2) is 53.9 Å². The fourth-order valence-electron chi connectivity index (χ4n) is 2.11. The van der Waals surface area contributed by atoms with Crippen molar-refractivity contribution in [3.8, 4) is 0 Å². The molecule has 0 fully saturated rings. The van der Waals surface area contributed by atoms with Crippen molar-refractivity contribution in [1.82, 2.24) is 30.8 Å². The molecule has 0 spiro atoms. The molecule has 3 aromatic heterocycles. The number of nitrogens with one attached hydrogen (secondary N) is 3. The molecule has 194 valence electrons. The molecule has 0 bridgehead atoms. The van der Waals surface area contributed by atoms with Crippen molar-refractivity contribution in [3.05, 3.63) is 71.4 Å². The number of carboxylic acid groups (broad SMARTS) is 2. The number of amidine groups is 1. The van der Waals surface area contributed by atoms with Gasteiger partial charge in [0, 0.05) is 18.6 Å². The summed E-state index contributed by atoms with van der Waals surface area (Å²) < 4.78 is 75.8. The smallest absolute Gasteiger partial charge is 0.543 e. The van der Waals surface area contributed by atoms with Crippen molar-refractivity contribution < 1.29 is 66.2 Å². The number of halogens is 6. The van der Waals surface area contributed by atoms with Gasteiger partial charge in [-0.2, -0.15) is 36.5 Å². The number of H-pyrrole nitrogens is 2. The van der Waals surface area contributed by atoms with Crippen molar-refractivity contribution in [2.75, 3.05) is 0 Å². The summed E-state index contributed by atoms with van der Waals surface area (Å²) in [5, 5.41) is 31.0. The maximum Gasteiger partial charge on any atom is 3.00 e. The van der Waals surface area contributed by atoms with Gasteiger partial charge in [-0.3, -0.25) is 20.6 Å². The van der Waals surface area contributed by atoms with Gasteiger partial charge in [0.25, 0.3) is 0 Å². The van der Waals surface area contributed by atoms with Crippen LogP contribution in [0.1, 0.15) is 26.7 Å². The van der Waals surface area contributed by atoms with Crippen LogP contribution >= 0.6 is 0 Å². The Hall–Kier alpha value is -3.83. The Labute approximate surface area is 209 Å². The molecule has 3 aromatic rings. The van der Waals surface area contributed by atoms with Crippen molar-refractivity contribution in [2.45, 2.75) is 18.0 Å². The van der Waals surface area contributed by atoms with E-state index in [0.717, 1.165) is 5.43 Å². The van der Waals surface area contributed by atoms with Crippen LogP contribution < -0.4 is 15.6 Å². The van der Waals surface area contributed by atoms with Gasteiger partial charge in [0.05, 0.1) is 29.0 Å². The minimum absolute atomic E-state index is 0. The summed E-state index contributed by atoms with van der Waals surface area (Å²) >= 11 is 0. The number of nitrogens with zero attached hydrogens (tertiary/aromatic N) is 5. The van der Waals surface area contributed by atoms with Gasteiger partial charge in [-0.25, -0.2) is 0 Å². The van der Waals surface area contributed by atoms with Crippen molar-refractivity contribution in [1.29, 1.82) is 0 Å². The molecular weight excluding hydrogens is 686 g/mol. The Morgan fingerprint density at radius 3 is 1.61 bits per heavy atom. The minimum atomic E-state index is -5.68. The SMILES string of the molecule is FC(F)(F)C1(C(F)(F)F)N=C(c2ccccn2)[N-]N1.O=C([O-])c1ccn[nH]1.O=C([O-])c1ccn[nH]1.[Ir+3]. The van der Waals surface area contributed by atoms with Gasteiger partial charge in [0.15, 0.2) is 0 Å². The van der Waals surface area contributed by atoms with E-state index in [-0.39, 0.29) is 37.2 Å². The molecule has 4 heterocycles. The summed E-state index contributed by atoms with van der Waals surface area (Å²) in [4.78, 5) is 26.0. The van der Waals surface area contributed by atoms with Crippen molar-refractivity contribution in [3.63, 3.8) is 0 Å². The monoisotopic (exact) mass is 698 g/mol. The number of pyridine rings is 1. The number of hydrogen-bond acceptors (Lipinski definition) is 9. The van der Waals surface area contributed by atoms with Crippen LogP contribution in [0.5, 0.6) is 0 Å². The Balaban J connectivity index is 0.000000315. The summed E-state index contributed by atoms with van der Waals surface area (Å²) in [6, 6.07) is 6.70. The summed E-state index contributed by atoms with van der Waals surface area (Å²) in [5.41, 5.74) is -0.584. The number of alkyl halides is 6. The summed E-state index contributed by atoms with van der Waals surface area (Å²) in [6.45, 7) is 0. The molecule has 1 aliphatic heterocycles. The van der Waals surface area contributed by atoms with E-state index in [9.17, 15) is 46.1 Å². The quantitative estimate of drug-likeness (QED) is 0.321. The fourth-order valence-corrected chi connectivity index (χ4v) is 2.11. The van der Waals surface area contributed by atoms with E-state index >= 15 is 0 Å². The van der Waals surface area contributed by atoms with Gasteiger partial charge in [0.2, 0.25) is 5.66 Å². The number of aromatic carboxylic acids is 2. The molecule has 0 aromatic carbocycles. The number of aromatic nitrogens is 5. The molecule has 0 amide bonds. The van der Waals surface area contributed by atoms with Crippen molar-refractivity contribution in [2.24, 2.45) is 4.99 Å². The Kier molecular flexibility index (Phi) is 10.3. The predicted molar refractivity (Wildman–Crippen MR) is 97.9 cm³/mol. The van der Waals surface area contributed by atoms with Crippen LogP contribution in [-0.4, -0.2) is 61.2 Å². The number of carbonyl (C=O) groups excluding carboxylic acids is 2. The second kappa shape index (κ2) is 12.2. The van der Waals surface area contributed by atoms with E-state index < -0.39 is 35.8 Å². The van der Waals surface area contributed by atoms with Gasteiger partial charge >= 0.3 is 32.5 Å². The first-order chi connectivity index (χ1) is 16.3. The van der Waals surface area contributed by atoms with E-state index in [2.05, 4.69) is 35.8 Å². The average Bonchev–Trinajstić information content (AvgIpc) is 3.56. The third-order valence-corrected chi connectivity index (χ3v) is 3.75. The van der Waals surface area contributed by atoms with Gasteiger partial charge < -0.3 is 30.2 Å². The van der Waals surface area contributed by atoms with E-state index in [0.29, 0.717) is 0 Å². The van der Waals surface area contributed by atoms with Gasteiger partial charge in [-0.1, -0.05) is 6.07 Å². The number of rotatable bonds is 3. The molecule has 19 heteroatoms. The molecule has 0 atom stereocenters. The standard InChI is InChI=1S/C9H5F6N4.2C4H4N2O2.Ir/c10-8(11,12)7(9(13,14)15)17-6(18-19-7)5-3-1-2-4-16-5;2*7-4(8)3-1-2-5-6-3;/h1-4,19H;2*1-2H,(H,5,6)(H,7,8);/q-1;;;+3/p-2. The maximum atomic E-state index is 12.6. The van der Waals surface area contributed by atoms with E-state index in [1.807, 2.05) is 0 Å². The first-order valence-electron chi connectivity index (χ1n) is 8.82. The molecule has 12 nitrogen and oxygen atoms in total. The Morgan fingerprint density at radius 2 is 1.33 bits per heavy atom. The second-order valence-corrected chi connectivity index (χ2v) is 6.10. The Morgan fingerprint density at radius 1 is 0.833 bits per heavy atom. The second-order valence-electron chi connectivity index (χ2n) is 6.10. The van der Waals surface area contributed by atoms with Gasteiger partial charge in [-0.15, -0.1) is 0 Å². The molecular formula is C17H11F6IrN8O4. The third kappa shape index (κ3) is 7.33. The first kappa shape index (κ1) is 30.2. The molecule has 36 heavy (non-hydrogen) atoms. The zero-order valence-corrected chi connectivity index (χ0v) is 19.5. The predicted octanol–water partition coefficient (Wildman–Crippen LogP) is 0.0849. The van der Waals surface area contributed by atoms with E-state index in [1.54, 1.807) is 0 Å². The minimum Gasteiger partial charge on any atom is -0.543 e. The summed E-state index contributed by atoms with van der Waals surface area (Å²) in [6.07, 6.45) is -7.44. The number of aromatic amines is 2. The number of hydrogen-bond donors (Lipinski definition) is 3. The third-order valence-electron chi connectivity index (χ3n) is 3.75. The molecule has 0 radical (unpaired) electrons. The molecule has 0 saturated heterocycles. The topological polar surface area (TPSA) is 189 Å². The molecule has 1 aliphatic rings. The first-order valence-corrected chi connectivity index (χ1v) is 8.82. The maximum absolute atomic E-state index is 12.6. The van der Waals surface area contributed by atoms with E-state index in [1.165, 1.54) is 48.9 Å². The average molecular weight is 698 g/mol. The zero-order valence-electron chi connectivity index (χ0n) is 17.1. The number of carbonyl (C=O) groups is 2. The summed E-state index contributed by atoms with van der Waals surface area (Å²) in [7, 11) is 0. The van der Waals surface area contributed by atoms with Crippen molar-refractivity contribution >= 4 is 17.8 Å². The molecule has 0 unspecified atom stereocenters. The van der Waals surface area contributed by atoms with Crippen LogP contribution in [-0.2, 0) is 20.1 Å². The molecule has 0 saturated carbocycles. The zero-order chi connectivity index (χ0) is 26.3. The summed E-state index contributed by atoms with van der Waals surface area (Å²) in [5.74, 6) is -3.22. The Bertz CT molecular complexity index is 1080. The normalized spacial score (nSPS) is 14.0. The van der Waals surface area contributed by atoms with Crippen LogP contribution in [0.2, 0.25) is 0 Å². The molecule has 4 rings (SSSR count). The van der Waals surface area contributed by atoms with Gasteiger partial charge in [0.1, 0.15) is 0 Å². The van der Waals surface area contributed by atoms with E-state index in [4.69, 9.17) is 0 Å². The van der Waals surface area contributed by atoms with Crippen LogP contribution in [0, 0.1) is 0 Å². The van der Waals surface area contributed by atoms with Gasteiger partial charge in [-0.05, 0) is 30.1 Å².